The molecule has 3 rings (SSSR count). The Hall–Kier alpha value is -2.54. The summed E-state index contributed by atoms with van der Waals surface area (Å²) < 4.78 is 25.3. The van der Waals surface area contributed by atoms with Crippen LogP contribution in [0.3, 0.4) is 0 Å². The summed E-state index contributed by atoms with van der Waals surface area (Å²) in [5, 5.41) is 8.63. The Balaban J connectivity index is 0.000000363. The number of hydrogen-bond donors (Lipinski definition) is 1. The number of rotatable bonds is 5. The molecule has 0 amide bonds. The first kappa shape index (κ1) is 23.5. The molecule has 0 spiro atoms. The first-order chi connectivity index (χ1) is 13.4. The van der Waals surface area contributed by atoms with Crippen LogP contribution < -0.4 is 4.74 Å². The topological polar surface area (TPSA) is 104 Å². The Labute approximate surface area is 172 Å². The first-order valence-corrected chi connectivity index (χ1v) is 8.78. The number of carbonyl (C=O) groups is 2. The molecule has 8 heteroatoms. The van der Waals surface area contributed by atoms with Crippen molar-refractivity contribution in [3.63, 3.8) is 0 Å². The van der Waals surface area contributed by atoms with Gasteiger partial charge in [-0.25, -0.2) is 4.39 Å². The SMILES string of the molecule is COc1ccc2c(c1CC(=O)CC(=O)O)C=CC2[NH-].Fc1cc[c-]cc1.[O]=[Tc+2]. The van der Waals surface area contributed by atoms with Gasteiger partial charge in [0, 0.05) is 17.8 Å². The van der Waals surface area contributed by atoms with Crippen molar-refractivity contribution in [2.45, 2.75) is 18.9 Å². The average Bonchev–Trinajstić information content (AvgIpc) is 3.05. The van der Waals surface area contributed by atoms with E-state index in [1.54, 1.807) is 24.3 Å². The molecular weight excluding hydrogens is 451 g/mol. The maximum absolute atomic E-state index is 11.9. The van der Waals surface area contributed by atoms with E-state index >= 15 is 0 Å². The van der Waals surface area contributed by atoms with Crippen LogP contribution >= 0.6 is 0 Å². The van der Waals surface area contributed by atoms with Gasteiger partial charge in [-0.3, -0.25) is 9.59 Å². The van der Waals surface area contributed by atoms with E-state index < -0.39 is 18.4 Å². The van der Waals surface area contributed by atoms with E-state index in [-0.39, 0.29) is 18.0 Å². The fourth-order valence-corrected chi connectivity index (χ4v) is 2.60. The summed E-state index contributed by atoms with van der Waals surface area (Å²) in [5.74, 6) is -1.17. The zero-order valence-electron chi connectivity index (χ0n) is 14.9. The second-order valence-electron chi connectivity index (χ2n) is 5.59. The van der Waals surface area contributed by atoms with Gasteiger partial charge < -0.3 is 15.6 Å². The number of nitrogens with one attached hydrogen (secondary N) is 1. The van der Waals surface area contributed by atoms with Crippen LogP contribution in [0.1, 0.15) is 29.2 Å². The predicted octanol–water partition coefficient (Wildman–Crippen LogP) is 3.91. The summed E-state index contributed by atoms with van der Waals surface area (Å²) >= 11 is 0.900. The van der Waals surface area contributed by atoms with Crippen LogP contribution in [0.15, 0.2) is 42.5 Å². The third kappa shape index (κ3) is 6.88. The Morgan fingerprint density at radius 3 is 2.39 bits per heavy atom. The molecule has 2 N–H and O–H groups in total. The Morgan fingerprint density at radius 2 is 1.89 bits per heavy atom. The Morgan fingerprint density at radius 1 is 1.25 bits per heavy atom. The monoisotopic (exact) mass is 468 g/mol. The molecule has 0 aromatic heterocycles. The number of hydrogen-bond acceptors (Lipinski definition) is 4. The summed E-state index contributed by atoms with van der Waals surface area (Å²) in [5.41, 5.74) is 10.1. The van der Waals surface area contributed by atoms with Gasteiger partial charge in [0.25, 0.3) is 0 Å². The molecule has 0 saturated heterocycles. The first-order valence-electron chi connectivity index (χ1n) is 8.02. The molecule has 0 fully saturated rings. The van der Waals surface area contributed by atoms with Crippen molar-refractivity contribution in [3.8, 4) is 5.75 Å². The van der Waals surface area contributed by atoms with Crippen LogP contribution in [-0.4, -0.2) is 24.0 Å². The van der Waals surface area contributed by atoms with Crippen LogP contribution in [0.5, 0.6) is 5.75 Å². The molecular formula is C20H18FNO5Tc. The number of carboxylic acid groups (broad SMARTS) is 1. The fraction of sp³-hybridized carbons (Fsp3) is 0.200. The predicted molar refractivity (Wildman–Crippen MR) is 96.0 cm³/mol. The fourth-order valence-electron chi connectivity index (χ4n) is 2.60. The van der Waals surface area contributed by atoms with Crippen molar-refractivity contribution in [1.29, 1.82) is 0 Å². The summed E-state index contributed by atoms with van der Waals surface area (Å²) in [6, 6.07) is 11.6. The van der Waals surface area contributed by atoms with Crippen molar-refractivity contribution < 1.29 is 46.2 Å². The summed E-state index contributed by atoms with van der Waals surface area (Å²) in [4.78, 5) is 22.2. The molecule has 2 aromatic carbocycles. The number of aliphatic carboxylic acids is 1. The van der Waals surface area contributed by atoms with Gasteiger partial charge in [0.15, 0.2) is 0 Å². The van der Waals surface area contributed by atoms with E-state index in [0.29, 0.717) is 11.3 Å². The number of carboxylic acids is 1. The third-order valence-electron chi connectivity index (χ3n) is 3.76. The molecule has 1 atom stereocenters. The van der Waals surface area contributed by atoms with Gasteiger partial charge in [0.05, 0.1) is 7.11 Å². The molecule has 0 aliphatic heterocycles. The normalized spacial score (nSPS) is 13.3. The third-order valence-corrected chi connectivity index (χ3v) is 3.76. The number of ketones is 1. The zero-order chi connectivity index (χ0) is 21.1. The number of methoxy groups -OCH3 is 1. The van der Waals surface area contributed by atoms with Crippen LogP contribution in [0.2, 0.25) is 0 Å². The van der Waals surface area contributed by atoms with Crippen LogP contribution in [-0.2, 0) is 38.4 Å². The average molecular weight is 469 g/mol. The van der Waals surface area contributed by atoms with Crippen LogP contribution in [0, 0.1) is 11.9 Å². The molecule has 1 aliphatic rings. The van der Waals surface area contributed by atoms with Gasteiger partial charge in [0.2, 0.25) is 0 Å². The van der Waals surface area contributed by atoms with E-state index in [9.17, 15) is 14.0 Å². The van der Waals surface area contributed by atoms with Gasteiger partial charge in [-0.15, -0.1) is 12.1 Å². The van der Waals surface area contributed by atoms with Gasteiger partial charge in [-0.2, -0.15) is 18.2 Å². The number of fused-ring (bicyclic) bond motifs is 1. The van der Waals surface area contributed by atoms with Gasteiger partial charge in [-0.1, -0.05) is 29.8 Å². The molecule has 28 heavy (non-hydrogen) atoms. The van der Waals surface area contributed by atoms with Crippen molar-refractivity contribution in [3.05, 3.63) is 76.8 Å². The minimum absolute atomic E-state index is 0.00963. The van der Waals surface area contributed by atoms with E-state index in [4.69, 9.17) is 19.1 Å². The molecule has 0 heterocycles. The van der Waals surface area contributed by atoms with Gasteiger partial charge >= 0.3 is 28.3 Å². The summed E-state index contributed by atoms with van der Waals surface area (Å²) in [7, 11) is 1.50. The van der Waals surface area contributed by atoms with E-state index in [1.807, 2.05) is 0 Å². The van der Waals surface area contributed by atoms with Crippen LogP contribution in [0.4, 0.5) is 4.39 Å². The maximum atomic E-state index is 11.9. The molecule has 6 nitrogen and oxygen atoms in total. The Kier molecular flexibility index (Phi) is 10.1. The van der Waals surface area contributed by atoms with E-state index in [1.165, 1.54) is 31.4 Å². The molecule has 0 bridgehead atoms. The number of carbonyl (C=O) groups excluding carboxylic acids is 1. The van der Waals surface area contributed by atoms with Crippen molar-refractivity contribution in [1.82, 2.24) is 0 Å². The number of Topliss-reactive ketones (excluding diaryl/α,β-unsaturated/α-hetero) is 1. The van der Waals surface area contributed by atoms with Crippen molar-refractivity contribution >= 4 is 17.8 Å². The quantitative estimate of drug-likeness (QED) is 0.528. The standard InChI is InChI=1S/C14H14NO4.C6H4F.O.Tc/c1-19-13-5-3-10-9(2-4-12(10)15)11(13)6-8(16)7-14(17)18;7-6-4-2-1-3-5-6;;/h2-5,12,15H,6-7H2,1H3,(H,17,18);2-5H;;/q2*-1;;+2. The molecule has 1 unspecified atom stereocenters. The molecule has 1 aliphatic carbocycles. The van der Waals surface area contributed by atoms with Crippen molar-refractivity contribution in [2.24, 2.45) is 0 Å². The number of halogens is 1. The minimum atomic E-state index is -1.13. The van der Waals surface area contributed by atoms with Gasteiger partial charge in [0.1, 0.15) is 18.0 Å². The van der Waals surface area contributed by atoms with E-state index in [2.05, 4.69) is 6.07 Å². The van der Waals surface area contributed by atoms with Crippen molar-refractivity contribution in [2.75, 3.05) is 7.11 Å². The molecule has 2 aromatic rings. The summed E-state index contributed by atoms with van der Waals surface area (Å²) in [6.07, 6.45) is 3.03. The molecule has 0 radical (unpaired) electrons. The zero-order valence-corrected chi connectivity index (χ0v) is 16.8. The van der Waals surface area contributed by atoms with Gasteiger partial charge in [-0.05, 0) is 11.6 Å². The second-order valence-corrected chi connectivity index (χ2v) is 5.59. The molecule has 147 valence electrons. The Bertz CT molecular complexity index is 842. The van der Waals surface area contributed by atoms with Crippen LogP contribution in [0.25, 0.3) is 11.8 Å². The summed E-state index contributed by atoms with van der Waals surface area (Å²) in [6.45, 7) is 0. The number of benzene rings is 2. The molecule has 0 saturated carbocycles. The number of ether oxygens (including phenoxy) is 1. The van der Waals surface area contributed by atoms with E-state index in [0.717, 1.165) is 30.0 Å². The second kappa shape index (κ2) is 12.0.